The number of methoxy groups -OCH3 is 1. The molecule has 2 aliphatic rings. The molecule has 3 rings (SSSR count). The first-order chi connectivity index (χ1) is 14.6. The Balaban J connectivity index is 1.89. The summed E-state index contributed by atoms with van der Waals surface area (Å²) in [6.07, 6.45) is 4.96. The van der Waals surface area contributed by atoms with E-state index in [2.05, 4.69) is 5.32 Å². The fourth-order valence-corrected chi connectivity index (χ4v) is 4.77. The van der Waals surface area contributed by atoms with Crippen LogP contribution in [0.15, 0.2) is 52.8 Å². The molecule has 166 valence electrons. The van der Waals surface area contributed by atoms with E-state index in [1.807, 2.05) is 30.3 Å². The lowest BCUT2D eigenvalue weighted by Crippen LogP contribution is -2.63. The van der Waals surface area contributed by atoms with Gasteiger partial charge in [-0.2, -0.15) is 0 Å². The van der Waals surface area contributed by atoms with Crippen molar-refractivity contribution < 1.29 is 23.9 Å². The number of amides is 2. The van der Waals surface area contributed by atoms with Crippen molar-refractivity contribution in [2.75, 3.05) is 26.0 Å². The van der Waals surface area contributed by atoms with Crippen molar-refractivity contribution >= 4 is 35.2 Å². The Labute approximate surface area is 187 Å². The highest BCUT2D eigenvalue weighted by Gasteiger charge is 2.48. The summed E-state index contributed by atoms with van der Waals surface area (Å²) in [5.74, 6) is 0.0157. The van der Waals surface area contributed by atoms with Gasteiger partial charge in [-0.05, 0) is 45.4 Å². The number of thioether (sulfide) groups is 1. The number of quaternary nitrogens is 1. The molecular weight excluding hydrogens is 416 g/mol. The summed E-state index contributed by atoms with van der Waals surface area (Å²) in [6, 6.07) is 7.42. The Morgan fingerprint density at radius 2 is 1.87 bits per heavy atom. The molecule has 0 aromatic heterocycles. The molecule has 8 heteroatoms. The van der Waals surface area contributed by atoms with Crippen LogP contribution < -0.4 is 9.80 Å². The normalized spacial score (nSPS) is 20.8. The third-order valence-electron chi connectivity index (χ3n) is 5.06. The molecule has 1 unspecified atom stereocenters. The van der Waals surface area contributed by atoms with Gasteiger partial charge >= 0.3 is 11.9 Å². The molecular formula is C23H29N2O5S+. The van der Waals surface area contributed by atoms with Crippen LogP contribution in [0.1, 0.15) is 33.6 Å². The van der Waals surface area contributed by atoms with E-state index < -0.39 is 11.6 Å². The third kappa shape index (κ3) is 5.57. The van der Waals surface area contributed by atoms with Crippen LogP contribution in [0.4, 0.5) is 5.69 Å². The average molecular weight is 446 g/mol. The van der Waals surface area contributed by atoms with Gasteiger partial charge in [0.1, 0.15) is 11.4 Å². The number of hydrogen-bond acceptors (Lipinski definition) is 6. The molecule has 1 atom stereocenters. The van der Waals surface area contributed by atoms with Crippen molar-refractivity contribution in [3.05, 3.63) is 47.9 Å². The van der Waals surface area contributed by atoms with Crippen LogP contribution in [0.3, 0.4) is 0 Å². The number of benzene rings is 1. The molecule has 31 heavy (non-hydrogen) atoms. The molecule has 2 amide bonds. The summed E-state index contributed by atoms with van der Waals surface area (Å²) in [6.45, 7) is 4.94. The number of allylic oxidation sites excluding steroid dienone is 4. The van der Waals surface area contributed by atoms with Crippen LogP contribution in [0.5, 0.6) is 0 Å². The molecule has 0 radical (unpaired) electrons. The average Bonchev–Trinajstić information content (AvgIpc) is 2.70. The van der Waals surface area contributed by atoms with E-state index in [-0.39, 0.29) is 35.1 Å². The topological polar surface area (TPSA) is 81.7 Å². The zero-order chi connectivity index (χ0) is 22.6. The predicted octanol–water partition coefficient (Wildman–Crippen LogP) is 3.29. The van der Waals surface area contributed by atoms with Gasteiger partial charge < -0.3 is 14.8 Å². The smallest absolute Gasteiger partial charge is 0.363 e. The van der Waals surface area contributed by atoms with Crippen LogP contribution in [-0.2, 0) is 23.9 Å². The summed E-state index contributed by atoms with van der Waals surface area (Å²) in [4.78, 5) is 39.9. The van der Waals surface area contributed by atoms with Gasteiger partial charge in [0.25, 0.3) is 5.91 Å². The highest BCUT2D eigenvalue weighted by Crippen LogP contribution is 2.40. The van der Waals surface area contributed by atoms with Crippen molar-refractivity contribution in [2.45, 2.75) is 44.1 Å². The lowest BCUT2D eigenvalue weighted by Gasteiger charge is -2.38. The summed E-state index contributed by atoms with van der Waals surface area (Å²) in [7, 11) is 1.62. The van der Waals surface area contributed by atoms with Gasteiger partial charge in [0.15, 0.2) is 18.8 Å². The summed E-state index contributed by atoms with van der Waals surface area (Å²) in [5, 5.41) is 2.90. The monoisotopic (exact) mass is 445 g/mol. The number of nitrogens with one attached hydrogen (secondary N) is 1. The van der Waals surface area contributed by atoms with Crippen LogP contribution >= 0.6 is 11.8 Å². The zero-order valence-corrected chi connectivity index (χ0v) is 19.2. The SMILES string of the molecule is COC1=CC=C(NC(=O)C[N+]2(CC(=O)OC(C)(C)C)C(=O)CSc3ccccc32)CC1. The van der Waals surface area contributed by atoms with Gasteiger partial charge in [-0.1, -0.05) is 12.1 Å². The molecule has 0 bridgehead atoms. The quantitative estimate of drug-likeness (QED) is 0.535. The Hall–Kier alpha value is -2.58. The standard InChI is InChI=1S/C23H28N2O5S/c1-23(2,3)30-22(28)14-25(18-7-5-6-8-19(18)31-15-21(25)27)13-20(26)24-16-9-11-17(29-4)12-10-16/h5-9,11H,10,12-15H2,1-4H3/p+1. The van der Waals surface area contributed by atoms with Crippen LogP contribution in [-0.4, -0.2) is 49.3 Å². The van der Waals surface area contributed by atoms with Gasteiger partial charge in [0.2, 0.25) is 0 Å². The maximum Gasteiger partial charge on any atom is 0.363 e. The van der Waals surface area contributed by atoms with Crippen LogP contribution in [0.25, 0.3) is 0 Å². The van der Waals surface area contributed by atoms with Gasteiger partial charge in [-0.3, -0.25) is 4.79 Å². The molecule has 0 saturated heterocycles. The number of nitrogens with zero attached hydrogens (tertiary/aromatic N) is 1. The largest absolute Gasteiger partial charge is 0.501 e. The minimum Gasteiger partial charge on any atom is -0.501 e. The van der Waals surface area contributed by atoms with E-state index in [4.69, 9.17) is 9.47 Å². The fraction of sp³-hybridized carbons (Fsp3) is 0.435. The lowest BCUT2D eigenvalue weighted by atomic mass is 10.1. The number of para-hydroxylation sites is 1. The van der Waals surface area contributed by atoms with E-state index in [9.17, 15) is 14.4 Å². The molecule has 7 nitrogen and oxygen atoms in total. The van der Waals surface area contributed by atoms with Crippen LogP contribution in [0, 0.1) is 0 Å². The highest BCUT2D eigenvalue weighted by atomic mass is 32.2. The molecule has 1 aliphatic carbocycles. The van der Waals surface area contributed by atoms with Gasteiger partial charge in [0, 0.05) is 18.2 Å². The van der Waals surface area contributed by atoms with Gasteiger partial charge in [-0.25, -0.2) is 14.1 Å². The number of carbonyl (C=O) groups excluding carboxylic acids is 3. The zero-order valence-electron chi connectivity index (χ0n) is 18.4. The number of ether oxygens (including phenoxy) is 2. The second-order valence-corrected chi connectivity index (χ2v) is 9.62. The number of hydrogen-bond donors (Lipinski definition) is 1. The first kappa shape index (κ1) is 23.1. The minimum absolute atomic E-state index is 0.173. The maximum absolute atomic E-state index is 13.2. The molecule has 1 N–H and O–H groups in total. The second-order valence-electron chi connectivity index (χ2n) is 8.60. The highest BCUT2D eigenvalue weighted by molar-refractivity contribution is 8.00. The van der Waals surface area contributed by atoms with Crippen molar-refractivity contribution in [3.8, 4) is 0 Å². The Morgan fingerprint density at radius 1 is 1.13 bits per heavy atom. The van der Waals surface area contributed by atoms with Crippen molar-refractivity contribution in [1.82, 2.24) is 9.80 Å². The minimum atomic E-state index is -0.686. The Morgan fingerprint density at radius 3 is 2.52 bits per heavy atom. The molecule has 1 aromatic carbocycles. The van der Waals surface area contributed by atoms with E-state index >= 15 is 0 Å². The summed E-state index contributed by atoms with van der Waals surface area (Å²) in [5.41, 5.74) is 0.728. The Kier molecular flexibility index (Phi) is 6.91. The second kappa shape index (κ2) is 9.28. The van der Waals surface area contributed by atoms with E-state index in [0.29, 0.717) is 18.5 Å². The summed E-state index contributed by atoms with van der Waals surface area (Å²) < 4.78 is 10.3. The first-order valence-corrected chi connectivity index (χ1v) is 11.2. The van der Waals surface area contributed by atoms with E-state index in [1.165, 1.54) is 11.8 Å². The van der Waals surface area contributed by atoms with Crippen molar-refractivity contribution in [2.24, 2.45) is 0 Å². The number of esters is 1. The maximum atomic E-state index is 13.2. The van der Waals surface area contributed by atoms with E-state index in [0.717, 1.165) is 16.4 Å². The first-order valence-electron chi connectivity index (χ1n) is 10.2. The summed E-state index contributed by atoms with van der Waals surface area (Å²) >= 11 is 1.42. The number of carbonyl (C=O) groups is 3. The van der Waals surface area contributed by atoms with Crippen molar-refractivity contribution in [3.63, 3.8) is 0 Å². The molecule has 1 heterocycles. The number of rotatable bonds is 6. The Bertz CT molecular complexity index is 948. The molecule has 1 aromatic rings. The van der Waals surface area contributed by atoms with Gasteiger partial charge in [-0.15, -0.1) is 11.8 Å². The fourth-order valence-electron chi connectivity index (χ4n) is 3.68. The lowest BCUT2D eigenvalue weighted by molar-refractivity contribution is -0.158. The van der Waals surface area contributed by atoms with Crippen molar-refractivity contribution in [1.29, 1.82) is 0 Å². The molecule has 1 aliphatic heterocycles. The van der Waals surface area contributed by atoms with Crippen LogP contribution in [0.2, 0.25) is 0 Å². The predicted molar refractivity (Wildman–Crippen MR) is 120 cm³/mol. The molecule has 0 fully saturated rings. The number of fused-ring (bicyclic) bond motifs is 1. The molecule has 0 spiro atoms. The van der Waals surface area contributed by atoms with E-state index in [1.54, 1.807) is 34.0 Å². The van der Waals surface area contributed by atoms with Gasteiger partial charge in [0.05, 0.1) is 17.8 Å². The molecule has 0 saturated carbocycles. The third-order valence-corrected chi connectivity index (χ3v) is 6.11.